The molecule has 0 atom stereocenters. The largest absolute Gasteiger partial charge is 0.455 e. The molecule has 0 fully saturated rings. The quantitative estimate of drug-likeness (QED) is 0.459. The third-order valence-electron chi connectivity index (χ3n) is 6.78. The number of hydrogen-bond donors (Lipinski definition) is 0. The Bertz CT molecular complexity index is 1000. The Morgan fingerprint density at radius 3 is 1.32 bits per heavy atom. The van der Waals surface area contributed by atoms with E-state index in [0.717, 1.165) is 11.3 Å². The minimum atomic E-state index is 1.05. The third kappa shape index (κ3) is 2.28. The van der Waals surface area contributed by atoms with Crippen LogP contribution in [0.3, 0.4) is 0 Å². The van der Waals surface area contributed by atoms with Gasteiger partial charge in [0.05, 0.1) is 0 Å². The van der Waals surface area contributed by atoms with Gasteiger partial charge >= 0.3 is 0 Å². The van der Waals surface area contributed by atoms with Gasteiger partial charge in [-0.05, 0) is 119 Å². The molecule has 0 saturated carbocycles. The molecule has 0 aliphatic carbocycles. The molecule has 1 heteroatoms. The molecule has 0 radical (unpaired) electrons. The Kier molecular flexibility index (Phi) is 4.10. The van der Waals surface area contributed by atoms with E-state index in [9.17, 15) is 0 Å². The zero-order valence-electron chi connectivity index (χ0n) is 17.4. The predicted molar refractivity (Wildman–Crippen MR) is 109 cm³/mol. The Morgan fingerprint density at radius 1 is 0.400 bits per heavy atom. The van der Waals surface area contributed by atoms with E-state index in [-0.39, 0.29) is 0 Å². The molecular weight excluding hydrogens is 304 g/mol. The summed E-state index contributed by atoms with van der Waals surface area (Å²) in [6.45, 7) is 22.2. The summed E-state index contributed by atoms with van der Waals surface area (Å²) < 4.78 is 6.54. The van der Waals surface area contributed by atoms with Gasteiger partial charge in [0.15, 0.2) is 0 Å². The van der Waals surface area contributed by atoms with Gasteiger partial charge in [-0.2, -0.15) is 0 Å². The highest BCUT2D eigenvalue weighted by Crippen LogP contribution is 2.42. The molecule has 0 aliphatic rings. The van der Waals surface area contributed by atoms with E-state index in [2.05, 4.69) is 69.2 Å². The van der Waals surface area contributed by atoms with Crippen LogP contribution in [0, 0.1) is 69.2 Å². The normalized spacial score (nSPS) is 11.6. The van der Waals surface area contributed by atoms with Crippen LogP contribution in [0.2, 0.25) is 0 Å². The molecule has 0 aliphatic heterocycles. The summed E-state index contributed by atoms with van der Waals surface area (Å²) in [5, 5.41) is 1.30. The summed E-state index contributed by atoms with van der Waals surface area (Å²) in [5.41, 5.74) is 15.8. The van der Waals surface area contributed by atoms with E-state index < -0.39 is 0 Å². The van der Waals surface area contributed by atoms with Crippen LogP contribution in [0.15, 0.2) is 4.42 Å². The fraction of sp³-hybridized carbons (Fsp3) is 0.417. The van der Waals surface area contributed by atoms with Crippen LogP contribution in [0.25, 0.3) is 22.3 Å². The van der Waals surface area contributed by atoms with Gasteiger partial charge in [-0.25, -0.2) is 0 Å². The fourth-order valence-electron chi connectivity index (χ4n) is 4.23. The Labute approximate surface area is 152 Å². The smallest absolute Gasteiger partial charge is 0.138 e. The second kappa shape index (κ2) is 5.76. The van der Waals surface area contributed by atoms with Crippen LogP contribution in [0.4, 0.5) is 0 Å². The number of benzene rings is 2. The maximum absolute atomic E-state index is 6.54. The Morgan fingerprint density at radius 2 is 0.800 bits per heavy atom. The topological polar surface area (TPSA) is 13.1 Å². The van der Waals surface area contributed by atoms with Crippen LogP contribution >= 0.6 is 0 Å². The van der Waals surface area contributed by atoms with Crippen molar-refractivity contribution in [3.8, 4) is 11.3 Å². The van der Waals surface area contributed by atoms with E-state index in [4.69, 9.17) is 4.42 Å². The lowest BCUT2D eigenvalue weighted by molar-refractivity contribution is 0.624. The molecule has 0 bridgehead atoms. The molecule has 0 N–H and O–H groups in total. The zero-order valence-corrected chi connectivity index (χ0v) is 17.4. The van der Waals surface area contributed by atoms with Crippen molar-refractivity contribution in [1.29, 1.82) is 0 Å². The van der Waals surface area contributed by atoms with Gasteiger partial charge in [-0.1, -0.05) is 0 Å². The fourth-order valence-corrected chi connectivity index (χ4v) is 4.23. The molecule has 3 aromatic rings. The SMILES string of the molecule is Cc1c(C)c(C)c(-c2oc3c(C)c(C)c(C)c(C)c3c2C)c(C)c1C. The Hall–Kier alpha value is -2.02. The van der Waals surface area contributed by atoms with Crippen molar-refractivity contribution < 1.29 is 4.42 Å². The molecule has 1 aromatic heterocycles. The van der Waals surface area contributed by atoms with Gasteiger partial charge in [-0.15, -0.1) is 0 Å². The van der Waals surface area contributed by atoms with E-state index >= 15 is 0 Å². The number of furan rings is 1. The van der Waals surface area contributed by atoms with Crippen molar-refractivity contribution in [2.75, 3.05) is 0 Å². The zero-order chi connectivity index (χ0) is 18.8. The highest BCUT2D eigenvalue weighted by Gasteiger charge is 2.23. The van der Waals surface area contributed by atoms with E-state index in [1.165, 1.54) is 66.6 Å². The first-order valence-electron chi connectivity index (χ1n) is 9.16. The summed E-state index contributed by atoms with van der Waals surface area (Å²) in [7, 11) is 0. The molecule has 1 heterocycles. The Balaban J connectivity index is 2.50. The summed E-state index contributed by atoms with van der Waals surface area (Å²) in [6, 6.07) is 0. The van der Waals surface area contributed by atoms with Crippen LogP contribution < -0.4 is 0 Å². The van der Waals surface area contributed by atoms with E-state index in [0.29, 0.717) is 0 Å². The predicted octanol–water partition coefficient (Wildman–Crippen LogP) is 7.18. The third-order valence-corrected chi connectivity index (χ3v) is 6.78. The van der Waals surface area contributed by atoms with Crippen LogP contribution in [-0.4, -0.2) is 0 Å². The van der Waals surface area contributed by atoms with Gasteiger partial charge in [-0.3, -0.25) is 0 Å². The number of fused-ring (bicyclic) bond motifs is 1. The molecule has 0 saturated heterocycles. The van der Waals surface area contributed by atoms with Gasteiger partial charge in [0.1, 0.15) is 11.3 Å². The average Bonchev–Trinajstić information content (AvgIpc) is 2.92. The molecule has 132 valence electrons. The number of hydrogen-bond acceptors (Lipinski definition) is 1. The first-order valence-corrected chi connectivity index (χ1v) is 9.16. The van der Waals surface area contributed by atoms with Crippen LogP contribution in [0.5, 0.6) is 0 Å². The van der Waals surface area contributed by atoms with Gasteiger partial charge in [0.2, 0.25) is 0 Å². The minimum Gasteiger partial charge on any atom is -0.455 e. The number of aryl methyl sites for hydroxylation is 3. The molecule has 0 spiro atoms. The first-order chi connectivity index (χ1) is 11.6. The van der Waals surface area contributed by atoms with Gasteiger partial charge in [0.25, 0.3) is 0 Å². The molecule has 1 nitrogen and oxygen atoms in total. The standard InChI is InChI=1S/C24H30O/c1-11-12(2)16(6)21(17(7)13(11)3)24-20(10)22-18(8)14(4)15(5)19(9)23(22)25-24/h1-10H3. The van der Waals surface area contributed by atoms with Gasteiger partial charge < -0.3 is 4.42 Å². The average molecular weight is 335 g/mol. The summed E-state index contributed by atoms with van der Waals surface area (Å²) in [5.74, 6) is 1.05. The van der Waals surface area contributed by atoms with E-state index in [1.54, 1.807) is 0 Å². The maximum atomic E-state index is 6.54. The van der Waals surface area contributed by atoms with Crippen molar-refractivity contribution in [3.05, 3.63) is 55.6 Å². The highest BCUT2D eigenvalue weighted by molar-refractivity contribution is 5.95. The van der Waals surface area contributed by atoms with Crippen molar-refractivity contribution in [2.45, 2.75) is 69.2 Å². The molecule has 0 unspecified atom stereocenters. The second-order valence-corrected chi connectivity index (χ2v) is 7.76. The molecular formula is C24H30O. The van der Waals surface area contributed by atoms with Crippen LogP contribution in [0.1, 0.15) is 55.6 Å². The van der Waals surface area contributed by atoms with Crippen molar-refractivity contribution in [3.63, 3.8) is 0 Å². The molecule has 0 amide bonds. The number of rotatable bonds is 1. The van der Waals surface area contributed by atoms with Crippen molar-refractivity contribution in [1.82, 2.24) is 0 Å². The summed E-state index contributed by atoms with van der Waals surface area (Å²) in [4.78, 5) is 0. The minimum absolute atomic E-state index is 1.05. The highest BCUT2D eigenvalue weighted by atomic mass is 16.3. The van der Waals surface area contributed by atoms with Gasteiger partial charge in [0, 0.05) is 16.5 Å². The summed E-state index contributed by atoms with van der Waals surface area (Å²) in [6.07, 6.45) is 0. The van der Waals surface area contributed by atoms with Crippen LogP contribution in [-0.2, 0) is 0 Å². The lowest BCUT2D eigenvalue weighted by Crippen LogP contribution is -1.99. The maximum Gasteiger partial charge on any atom is 0.138 e. The monoisotopic (exact) mass is 334 g/mol. The molecule has 25 heavy (non-hydrogen) atoms. The second-order valence-electron chi connectivity index (χ2n) is 7.76. The van der Waals surface area contributed by atoms with Crippen molar-refractivity contribution in [2.24, 2.45) is 0 Å². The lowest BCUT2D eigenvalue weighted by atomic mass is 9.87. The first kappa shape index (κ1) is 17.8. The van der Waals surface area contributed by atoms with E-state index in [1.807, 2.05) is 0 Å². The lowest BCUT2D eigenvalue weighted by Gasteiger charge is -2.17. The molecule has 3 rings (SSSR count). The summed E-state index contributed by atoms with van der Waals surface area (Å²) >= 11 is 0. The van der Waals surface area contributed by atoms with Crippen molar-refractivity contribution >= 4 is 11.0 Å². The molecule has 2 aromatic carbocycles.